The van der Waals surface area contributed by atoms with Gasteiger partial charge in [-0.25, -0.2) is 0 Å². The molecule has 0 aromatic heterocycles. The van der Waals surface area contributed by atoms with Crippen molar-refractivity contribution < 1.29 is 0 Å². The summed E-state index contributed by atoms with van der Waals surface area (Å²) in [4.78, 5) is 2.68. The molecule has 2 aliphatic rings. The van der Waals surface area contributed by atoms with Crippen molar-refractivity contribution in [2.24, 2.45) is 5.41 Å². The van der Waals surface area contributed by atoms with Crippen LogP contribution >= 0.6 is 0 Å². The summed E-state index contributed by atoms with van der Waals surface area (Å²) in [5.41, 5.74) is 0.798. The molecule has 0 heterocycles. The van der Waals surface area contributed by atoms with Crippen molar-refractivity contribution in [2.75, 3.05) is 20.1 Å². The molecule has 0 aromatic carbocycles. The second kappa shape index (κ2) is 6.13. The van der Waals surface area contributed by atoms with Crippen LogP contribution in [0, 0.1) is 5.41 Å². The van der Waals surface area contributed by atoms with Crippen molar-refractivity contribution in [3.05, 3.63) is 0 Å². The fourth-order valence-electron chi connectivity index (χ4n) is 3.97. The highest BCUT2D eigenvalue weighted by molar-refractivity contribution is 4.92. The third-order valence-corrected chi connectivity index (χ3v) is 5.19. The van der Waals surface area contributed by atoms with Crippen LogP contribution in [0.2, 0.25) is 0 Å². The van der Waals surface area contributed by atoms with Gasteiger partial charge in [-0.05, 0) is 58.9 Å². The maximum Gasteiger partial charge on any atom is 0.00967 e. The predicted molar refractivity (Wildman–Crippen MR) is 83.5 cm³/mol. The Hall–Kier alpha value is -0.0800. The fourth-order valence-corrected chi connectivity index (χ4v) is 3.97. The van der Waals surface area contributed by atoms with Gasteiger partial charge in [-0.1, -0.05) is 25.7 Å². The van der Waals surface area contributed by atoms with Crippen LogP contribution in [-0.4, -0.2) is 36.6 Å². The van der Waals surface area contributed by atoms with E-state index in [0.717, 1.165) is 6.04 Å². The fraction of sp³-hybridized carbons (Fsp3) is 1.00. The van der Waals surface area contributed by atoms with Gasteiger partial charge in [-0.3, -0.25) is 0 Å². The Balaban J connectivity index is 1.90. The zero-order valence-electron chi connectivity index (χ0n) is 13.6. The standard InChI is InChI=1S/C17H34N2/c1-16(2,3)18-13-17(11-7-8-12-17)14-19(4)15-9-5-6-10-15/h15,18H,5-14H2,1-4H3. The summed E-state index contributed by atoms with van der Waals surface area (Å²) in [5.74, 6) is 0. The first-order chi connectivity index (χ1) is 8.90. The van der Waals surface area contributed by atoms with Crippen LogP contribution in [0.25, 0.3) is 0 Å². The second-order valence-corrected chi connectivity index (χ2v) is 8.16. The molecule has 1 N–H and O–H groups in total. The van der Waals surface area contributed by atoms with Crippen molar-refractivity contribution in [3.8, 4) is 0 Å². The summed E-state index contributed by atoms with van der Waals surface area (Å²) in [6.45, 7) is 9.37. The van der Waals surface area contributed by atoms with E-state index in [9.17, 15) is 0 Å². The molecule has 0 atom stereocenters. The van der Waals surface area contributed by atoms with Gasteiger partial charge in [0.2, 0.25) is 0 Å². The van der Waals surface area contributed by atoms with E-state index in [2.05, 4.69) is 38.0 Å². The minimum Gasteiger partial charge on any atom is -0.311 e. The number of hydrogen-bond acceptors (Lipinski definition) is 2. The smallest absolute Gasteiger partial charge is 0.00967 e. The van der Waals surface area contributed by atoms with Gasteiger partial charge in [-0.15, -0.1) is 0 Å². The molecule has 0 aliphatic heterocycles. The minimum atomic E-state index is 0.252. The summed E-state index contributed by atoms with van der Waals surface area (Å²) in [7, 11) is 2.37. The Labute approximate surface area is 120 Å². The first kappa shape index (κ1) is 15.3. The molecule has 2 nitrogen and oxygen atoms in total. The number of nitrogens with one attached hydrogen (secondary N) is 1. The maximum atomic E-state index is 3.77. The van der Waals surface area contributed by atoms with E-state index in [1.165, 1.54) is 64.5 Å². The van der Waals surface area contributed by atoms with Crippen LogP contribution in [0.3, 0.4) is 0 Å². The van der Waals surface area contributed by atoms with Crippen molar-refractivity contribution in [1.29, 1.82) is 0 Å². The molecule has 2 fully saturated rings. The Morgan fingerprint density at radius 3 is 2.16 bits per heavy atom. The van der Waals surface area contributed by atoms with Crippen LogP contribution in [0.15, 0.2) is 0 Å². The van der Waals surface area contributed by atoms with Crippen molar-refractivity contribution >= 4 is 0 Å². The third-order valence-electron chi connectivity index (χ3n) is 5.19. The molecular formula is C17H34N2. The summed E-state index contributed by atoms with van der Waals surface area (Å²) in [6.07, 6.45) is 11.5. The largest absolute Gasteiger partial charge is 0.311 e. The molecule has 19 heavy (non-hydrogen) atoms. The van der Waals surface area contributed by atoms with E-state index in [0.29, 0.717) is 5.41 Å². The summed E-state index contributed by atoms with van der Waals surface area (Å²) < 4.78 is 0. The van der Waals surface area contributed by atoms with Crippen LogP contribution in [0.1, 0.15) is 72.1 Å². The lowest BCUT2D eigenvalue weighted by molar-refractivity contribution is 0.128. The van der Waals surface area contributed by atoms with Crippen LogP contribution in [0.5, 0.6) is 0 Å². The average molecular weight is 266 g/mol. The highest BCUT2D eigenvalue weighted by Crippen LogP contribution is 2.39. The molecule has 0 amide bonds. The van der Waals surface area contributed by atoms with Gasteiger partial charge in [0.05, 0.1) is 0 Å². The molecule has 112 valence electrons. The number of nitrogens with zero attached hydrogens (tertiary/aromatic N) is 1. The van der Waals surface area contributed by atoms with E-state index in [1.54, 1.807) is 0 Å². The predicted octanol–water partition coefficient (Wildman–Crippen LogP) is 3.81. The first-order valence-electron chi connectivity index (χ1n) is 8.36. The van der Waals surface area contributed by atoms with E-state index in [4.69, 9.17) is 0 Å². The normalized spacial score (nSPS) is 24.5. The first-order valence-corrected chi connectivity index (χ1v) is 8.36. The van der Waals surface area contributed by atoms with Gasteiger partial charge >= 0.3 is 0 Å². The van der Waals surface area contributed by atoms with Crippen LogP contribution < -0.4 is 5.32 Å². The van der Waals surface area contributed by atoms with Gasteiger partial charge in [0.15, 0.2) is 0 Å². The van der Waals surface area contributed by atoms with Gasteiger partial charge in [0.25, 0.3) is 0 Å². The molecule has 0 unspecified atom stereocenters. The molecule has 0 radical (unpaired) electrons. The number of hydrogen-bond donors (Lipinski definition) is 1. The SMILES string of the molecule is CN(CC1(CNC(C)(C)C)CCCC1)C1CCCC1. The zero-order chi connectivity index (χ0) is 13.9. The number of rotatable bonds is 5. The quantitative estimate of drug-likeness (QED) is 0.814. The third kappa shape index (κ3) is 4.46. The minimum absolute atomic E-state index is 0.252. The van der Waals surface area contributed by atoms with E-state index >= 15 is 0 Å². The summed E-state index contributed by atoms with van der Waals surface area (Å²) in [5, 5.41) is 3.77. The summed E-state index contributed by atoms with van der Waals surface area (Å²) >= 11 is 0. The Morgan fingerprint density at radius 2 is 1.63 bits per heavy atom. The second-order valence-electron chi connectivity index (χ2n) is 8.16. The van der Waals surface area contributed by atoms with Gasteiger partial charge in [0, 0.05) is 24.7 Å². The molecule has 2 saturated carbocycles. The summed E-state index contributed by atoms with van der Waals surface area (Å²) in [6, 6.07) is 0.868. The lowest BCUT2D eigenvalue weighted by Gasteiger charge is -2.38. The highest BCUT2D eigenvalue weighted by Gasteiger charge is 2.37. The maximum absolute atomic E-state index is 3.77. The molecule has 2 aliphatic carbocycles. The Kier molecular flexibility index (Phi) is 4.94. The molecule has 0 bridgehead atoms. The average Bonchev–Trinajstić information content (AvgIpc) is 2.97. The van der Waals surface area contributed by atoms with Crippen molar-refractivity contribution in [3.63, 3.8) is 0 Å². The van der Waals surface area contributed by atoms with Crippen molar-refractivity contribution in [1.82, 2.24) is 10.2 Å². The monoisotopic (exact) mass is 266 g/mol. The molecule has 0 saturated heterocycles. The van der Waals surface area contributed by atoms with E-state index in [1.807, 2.05) is 0 Å². The van der Waals surface area contributed by atoms with Gasteiger partial charge in [-0.2, -0.15) is 0 Å². The molecular weight excluding hydrogens is 232 g/mol. The lowest BCUT2D eigenvalue weighted by Crippen LogP contribution is -2.48. The Morgan fingerprint density at radius 1 is 1.05 bits per heavy atom. The van der Waals surface area contributed by atoms with E-state index in [-0.39, 0.29) is 5.54 Å². The van der Waals surface area contributed by atoms with Gasteiger partial charge in [0.1, 0.15) is 0 Å². The zero-order valence-corrected chi connectivity index (χ0v) is 13.6. The van der Waals surface area contributed by atoms with Crippen LogP contribution in [0.4, 0.5) is 0 Å². The molecule has 0 spiro atoms. The molecule has 0 aromatic rings. The topological polar surface area (TPSA) is 15.3 Å². The highest BCUT2D eigenvalue weighted by atomic mass is 15.1. The molecule has 2 rings (SSSR count). The van der Waals surface area contributed by atoms with Gasteiger partial charge < -0.3 is 10.2 Å². The molecule has 2 heteroatoms. The van der Waals surface area contributed by atoms with E-state index < -0.39 is 0 Å². The van der Waals surface area contributed by atoms with Crippen LogP contribution in [-0.2, 0) is 0 Å². The van der Waals surface area contributed by atoms with Crippen molar-refractivity contribution in [2.45, 2.75) is 83.7 Å². The Bertz CT molecular complexity index is 267. The lowest BCUT2D eigenvalue weighted by atomic mass is 9.84.